The largest absolute Gasteiger partial charge is 0.496 e. The van der Waals surface area contributed by atoms with Gasteiger partial charge in [-0.15, -0.1) is 0 Å². The minimum atomic E-state index is 0.771. The Labute approximate surface area is 415 Å². The molecule has 0 aliphatic rings. The van der Waals surface area contributed by atoms with Crippen LogP contribution in [0.3, 0.4) is 0 Å². The van der Waals surface area contributed by atoms with Gasteiger partial charge in [-0.1, -0.05) is 109 Å². The lowest BCUT2D eigenvalue weighted by molar-refractivity contribution is 0.416. The molecule has 0 saturated heterocycles. The van der Waals surface area contributed by atoms with Gasteiger partial charge in [0.05, 0.1) is 42.7 Å². The average Bonchev–Trinajstić information content (AvgIpc) is 3.44. The molecule has 6 heteroatoms. The molecule has 27 rings (SSSR count). The van der Waals surface area contributed by atoms with Crippen LogP contribution in [0.1, 0.15) is 0 Å². The summed E-state index contributed by atoms with van der Waals surface area (Å²) in [7, 11) is 10.4. The van der Waals surface area contributed by atoms with Crippen molar-refractivity contribution in [2.75, 3.05) is 42.7 Å². The normalized spacial score (nSPS) is 11.8. The topological polar surface area (TPSA) is 55.4 Å². The summed E-state index contributed by atoms with van der Waals surface area (Å²) in [4.78, 5) is 0. The van der Waals surface area contributed by atoms with Gasteiger partial charge in [-0.3, -0.25) is 0 Å². The second kappa shape index (κ2) is 16.9. The molecule has 0 heterocycles. The van der Waals surface area contributed by atoms with Crippen LogP contribution in [-0.4, -0.2) is 42.7 Å². The maximum Gasteiger partial charge on any atom is 0.127 e. The predicted molar refractivity (Wildman–Crippen MR) is 302 cm³/mol. The number of hydrogen-bond donors (Lipinski definition) is 0. The van der Waals surface area contributed by atoms with Crippen molar-refractivity contribution in [3.05, 3.63) is 182 Å². The highest BCUT2D eigenvalue weighted by molar-refractivity contribution is 6.25. The monoisotopic (exact) mass is 936 g/mol. The van der Waals surface area contributed by atoms with E-state index in [9.17, 15) is 0 Å². The van der Waals surface area contributed by atoms with Gasteiger partial charge < -0.3 is 28.4 Å². The number of ether oxygens (including phenoxy) is 6. The fourth-order valence-corrected chi connectivity index (χ4v) is 11.5. The van der Waals surface area contributed by atoms with Crippen LogP contribution in [0.5, 0.6) is 34.5 Å². The van der Waals surface area contributed by atoms with Gasteiger partial charge >= 0.3 is 0 Å². The van der Waals surface area contributed by atoms with Crippen LogP contribution in [0.25, 0.3) is 129 Å². The van der Waals surface area contributed by atoms with E-state index >= 15 is 0 Å². The Bertz CT molecular complexity index is 3840. The highest BCUT2D eigenvalue weighted by Crippen LogP contribution is 2.45. The summed E-state index contributed by atoms with van der Waals surface area (Å²) in [6.07, 6.45) is 0. The van der Waals surface area contributed by atoms with Crippen LogP contribution in [0.4, 0.5) is 0 Å². The standard InChI is InChI=1S/C66H48O6/c1-67-55-25-13-43-31-37-7-19-49(43)61(55)62-50-20-8-38(32-44(50)14-26-56(62)68-2)40-10-22-52-46(34-40)16-28-58(70-4)64(52)66-54-24-12-42(36-48(54)18-30-60(66)72-6)41-11-23-53-47(35-41)17-29-59(71-5)65(53)63-51-21-9-39(37)33-45(51)15-27-57(63)69-3/h7-36H,1-6H3. The van der Waals surface area contributed by atoms with E-state index in [2.05, 4.69) is 182 Å². The van der Waals surface area contributed by atoms with Crippen LogP contribution in [0.15, 0.2) is 182 Å². The lowest BCUT2D eigenvalue weighted by Crippen LogP contribution is -1.91. The number of methoxy groups -OCH3 is 6. The van der Waals surface area contributed by atoms with Gasteiger partial charge in [-0.2, -0.15) is 0 Å². The third kappa shape index (κ3) is 6.56. The first-order valence-corrected chi connectivity index (χ1v) is 24.1. The van der Waals surface area contributed by atoms with E-state index < -0.39 is 0 Å². The first-order chi connectivity index (χ1) is 35.4. The molecule has 27 aromatic rings. The molecule has 0 atom stereocenters. The van der Waals surface area contributed by atoms with E-state index in [4.69, 9.17) is 28.4 Å². The Morgan fingerprint density at radius 3 is 0.444 bits per heavy atom. The Morgan fingerprint density at radius 1 is 0.167 bits per heavy atom. The van der Waals surface area contributed by atoms with Gasteiger partial charge in [-0.05, 0) is 170 Å². The minimum Gasteiger partial charge on any atom is -0.496 e. The summed E-state index contributed by atoms with van der Waals surface area (Å²) in [5.41, 5.74) is 0. The molecule has 0 unspecified atom stereocenters. The lowest BCUT2D eigenvalue weighted by Gasteiger charge is -2.14. The third-order valence-corrected chi connectivity index (χ3v) is 15.0. The first-order valence-electron chi connectivity index (χ1n) is 24.1. The fraction of sp³-hybridized carbons (Fsp3) is 0.0909. The van der Waals surface area contributed by atoms with E-state index in [1.54, 1.807) is 42.7 Å². The smallest absolute Gasteiger partial charge is 0.127 e. The van der Waals surface area contributed by atoms with Crippen molar-refractivity contribution in [1.82, 2.24) is 0 Å². The van der Waals surface area contributed by atoms with Crippen molar-refractivity contribution in [2.24, 2.45) is 0 Å². The SMILES string of the molecule is COc1ccc2cc3ccc2c1c1c(OC)ccc2cc(ccc21)c1ccc2c(ccc(OC)c2c2c(OC)ccc4cc(ccc42)c2ccc4c(ccc(OC)c4c4c(OC)ccc5cc3ccc54)c2)c1. The molecular formula is C66H48O6. The quantitative estimate of drug-likeness (QED) is 0.166. The average molecular weight is 937 g/mol. The minimum absolute atomic E-state index is 0.771. The fourth-order valence-electron chi connectivity index (χ4n) is 11.5. The zero-order valence-electron chi connectivity index (χ0n) is 40.8. The predicted octanol–water partition coefficient (Wildman–Crippen LogP) is 17.3. The molecule has 0 aromatic heterocycles. The van der Waals surface area contributed by atoms with Crippen molar-refractivity contribution in [1.29, 1.82) is 0 Å². The van der Waals surface area contributed by atoms with Crippen LogP contribution in [0, 0.1) is 0 Å². The highest BCUT2D eigenvalue weighted by atomic mass is 16.5. The van der Waals surface area contributed by atoms with Crippen LogP contribution in [0.2, 0.25) is 0 Å². The van der Waals surface area contributed by atoms with Crippen LogP contribution < -0.4 is 28.4 Å². The molecule has 348 valence electrons. The van der Waals surface area contributed by atoms with Gasteiger partial charge in [0.15, 0.2) is 0 Å². The highest BCUT2D eigenvalue weighted by Gasteiger charge is 2.17. The van der Waals surface area contributed by atoms with E-state index in [0.717, 1.165) is 164 Å². The summed E-state index contributed by atoms with van der Waals surface area (Å²) >= 11 is 0. The third-order valence-electron chi connectivity index (χ3n) is 15.0. The van der Waals surface area contributed by atoms with Gasteiger partial charge in [0, 0.05) is 32.3 Å². The van der Waals surface area contributed by atoms with Crippen molar-refractivity contribution >= 4 is 129 Å². The molecule has 27 aromatic carbocycles. The molecular weight excluding hydrogens is 889 g/mol. The summed E-state index contributed by atoms with van der Waals surface area (Å²) in [5, 5.41) is 25.4. The molecule has 72 heavy (non-hydrogen) atoms. The summed E-state index contributed by atoms with van der Waals surface area (Å²) in [5.74, 6) is 4.62. The molecule has 0 saturated carbocycles. The summed E-state index contributed by atoms with van der Waals surface area (Å²) in [6.45, 7) is 0. The van der Waals surface area contributed by atoms with Gasteiger partial charge in [0.25, 0.3) is 0 Å². The molecule has 0 aliphatic carbocycles. The maximum atomic E-state index is 6.17. The Hall–Kier alpha value is -9.00. The molecule has 0 spiro atoms. The van der Waals surface area contributed by atoms with Gasteiger partial charge in [0.2, 0.25) is 0 Å². The second-order valence-electron chi connectivity index (χ2n) is 18.5. The number of hydrogen-bond acceptors (Lipinski definition) is 6. The Kier molecular flexibility index (Phi) is 10.1. The van der Waals surface area contributed by atoms with Gasteiger partial charge in [0.1, 0.15) is 34.5 Å². The summed E-state index contributed by atoms with van der Waals surface area (Å²) < 4.78 is 37.0. The first kappa shape index (κ1) is 43.1. The molecule has 0 radical (unpaired) electrons. The molecule has 0 fully saturated rings. The molecule has 0 N–H and O–H groups in total. The molecule has 24 bridgehead atoms. The number of rotatable bonds is 6. The van der Waals surface area contributed by atoms with E-state index in [1.165, 1.54) is 0 Å². The zero-order valence-corrected chi connectivity index (χ0v) is 40.8. The zero-order chi connectivity index (χ0) is 48.8. The lowest BCUT2D eigenvalue weighted by atomic mass is 9.94. The van der Waals surface area contributed by atoms with Crippen LogP contribution in [-0.2, 0) is 0 Å². The van der Waals surface area contributed by atoms with Crippen molar-refractivity contribution in [3.63, 3.8) is 0 Å². The van der Waals surface area contributed by atoms with Crippen molar-refractivity contribution in [3.8, 4) is 34.5 Å². The maximum absolute atomic E-state index is 6.17. The second-order valence-corrected chi connectivity index (χ2v) is 18.5. The van der Waals surface area contributed by atoms with E-state index in [1.807, 2.05) is 0 Å². The van der Waals surface area contributed by atoms with Gasteiger partial charge in [-0.25, -0.2) is 0 Å². The molecule has 0 aliphatic heterocycles. The van der Waals surface area contributed by atoms with Crippen molar-refractivity contribution in [2.45, 2.75) is 0 Å². The van der Waals surface area contributed by atoms with E-state index in [0.29, 0.717) is 0 Å². The number of benzene rings is 12. The van der Waals surface area contributed by atoms with Crippen LogP contribution >= 0.6 is 0 Å². The Morgan fingerprint density at radius 2 is 0.306 bits per heavy atom. The Balaban J connectivity index is 1.20. The van der Waals surface area contributed by atoms with E-state index in [-0.39, 0.29) is 0 Å². The van der Waals surface area contributed by atoms with Crippen molar-refractivity contribution < 1.29 is 28.4 Å². The molecule has 6 nitrogen and oxygen atoms in total. The molecule has 0 amide bonds. The summed E-state index contributed by atoms with van der Waals surface area (Å²) in [6, 6.07) is 65.5.